The van der Waals surface area contributed by atoms with Gasteiger partial charge in [0, 0.05) is 24.5 Å². The SMILES string of the molecule is O=C1CCOCCN1Cc1cn(Cc2cccc3nccnc23)nn1. The first kappa shape index (κ1) is 15.6. The second-order valence-electron chi connectivity index (χ2n) is 5.93. The smallest absolute Gasteiger partial charge is 0.225 e. The molecule has 1 aliphatic heterocycles. The summed E-state index contributed by atoms with van der Waals surface area (Å²) in [4.78, 5) is 22.5. The van der Waals surface area contributed by atoms with Gasteiger partial charge < -0.3 is 9.64 Å². The summed E-state index contributed by atoms with van der Waals surface area (Å²) in [5.74, 6) is 0.0939. The first-order valence-electron chi connectivity index (χ1n) is 8.23. The molecule has 4 rings (SSSR count). The van der Waals surface area contributed by atoms with Gasteiger partial charge in [-0.3, -0.25) is 14.8 Å². The van der Waals surface area contributed by atoms with Crippen LogP contribution in [0.25, 0.3) is 11.0 Å². The van der Waals surface area contributed by atoms with Gasteiger partial charge in [-0.2, -0.15) is 0 Å². The first-order valence-corrected chi connectivity index (χ1v) is 8.23. The van der Waals surface area contributed by atoms with Gasteiger partial charge in [0.2, 0.25) is 5.91 Å². The normalized spacial score (nSPS) is 15.5. The maximum absolute atomic E-state index is 12.0. The molecule has 0 radical (unpaired) electrons. The quantitative estimate of drug-likeness (QED) is 0.706. The molecule has 0 bridgehead atoms. The number of hydrogen-bond donors (Lipinski definition) is 0. The molecule has 8 nitrogen and oxygen atoms in total. The van der Waals surface area contributed by atoms with Crippen molar-refractivity contribution in [2.75, 3.05) is 19.8 Å². The average Bonchev–Trinajstić information content (AvgIpc) is 2.97. The van der Waals surface area contributed by atoms with Gasteiger partial charge in [0.15, 0.2) is 0 Å². The molecule has 128 valence electrons. The highest BCUT2D eigenvalue weighted by Gasteiger charge is 2.18. The number of para-hydroxylation sites is 1. The highest BCUT2D eigenvalue weighted by atomic mass is 16.5. The average molecular weight is 338 g/mol. The number of ether oxygens (including phenoxy) is 1. The van der Waals surface area contributed by atoms with Gasteiger partial charge >= 0.3 is 0 Å². The van der Waals surface area contributed by atoms with Gasteiger partial charge in [-0.05, 0) is 6.07 Å². The molecule has 25 heavy (non-hydrogen) atoms. The number of hydrogen-bond acceptors (Lipinski definition) is 6. The number of aromatic nitrogens is 5. The van der Waals surface area contributed by atoms with E-state index in [0.717, 1.165) is 22.3 Å². The molecule has 0 aliphatic carbocycles. The van der Waals surface area contributed by atoms with E-state index < -0.39 is 0 Å². The van der Waals surface area contributed by atoms with Crippen LogP contribution in [0.1, 0.15) is 17.7 Å². The lowest BCUT2D eigenvalue weighted by Gasteiger charge is -2.17. The second kappa shape index (κ2) is 6.94. The molecule has 1 amide bonds. The van der Waals surface area contributed by atoms with Crippen LogP contribution in [0.2, 0.25) is 0 Å². The molecular weight excluding hydrogens is 320 g/mol. The highest BCUT2D eigenvalue weighted by Crippen LogP contribution is 2.15. The molecule has 0 saturated carbocycles. The van der Waals surface area contributed by atoms with E-state index in [1.807, 2.05) is 24.4 Å². The minimum Gasteiger partial charge on any atom is -0.379 e. The van der Waals surface area contributed by atoms with Crippen molar-refractivity contribution in [2.45, 2.75) is 19.5 Å². The van der Waals surface area contributed by atoms with Crippen molar-refractivity contribution in [3.8, 4) is 0 Å². The van der Waals surface area contributed by atoms with Gasteiger partial charge in [-0.1, -0.05) is 17.3 Å². The molecule has 0 unspecified atom stereocenters. The predicted octanol–water partition coefficient (Wildman–Crippen LogP) is 1.02. The molecule has 1 aliphatic rings. The van der Waals surface area contributed by atoms with Crippen LogP contribution >= 0.6 is 0 Å². The Kier molecular flexibility index (Phi) is 4.34. The fourth-order valence-corrected chi connectivity index (χ4v) is 2.92. The fraction of sp³-hybridized carbons (Fsp3) is 0.353. The molecular formula is C17H18N6O2. The largest absolute Gasteiger partial charge is 0.379 e. The van der Waals surface area contributed by atoms with Crippen LogP contribution < -0.4 is 0 Å². The maximum atomic E-state index is 12.0. The Labute approximate surface area is 144 Å². The Morgan fingerprint density at radius 3 is 3.00 bits per heavy atom. The maximum Gasteiger partial charge on any atom is 0.225 e. The van der Waals surface area contributed by atoms with E-state index in [9.17, 15) is 4.79 Å². The topological polar surface area (TPSA) is 86.0 Å². The van der Waals surface area contributed by atoms with Crippen molar-refractivity contribution < 1.29 is 9.53 Å². The van der Waals surface area contributed by atoms with E-state index in [2.05, 4.69) is 20.3 Å². The Morgan fingerprint density at radius 2 is 2.04 bits per heavy atom. The third-order valence-corrected chi connectivity index (χ3v) is 4.17. The van der Waals surface area contributed by atoms with Crippen molar-refractivity contribution >= 4 is 16.9 Å². The first-order chi connectivity index (χ1) is 12.3. The Hall–Kier alpha value is -2.87. The van der Waals surface area contributed by atoms with E-state index in [1.54, 1.807) is 22.0 Å². The standard InChI is InChI=1S/C17H18N6O2/c24-16-4-8-25-9-7-22(16)11-14-12-23(21-20-14)10-13-2-1-3-15-17(13)19-6-5-18-15/h1-3,5-6,12H,4,7-11H2. The minimum absolute atomic E-state index is 0.0939. The molecule has 1 aromatic carbocycles. The van der Waals surface area contributed by atoms with Crippen LogP contribution in [0.4, 0.5) is 0 Å². The lowest BCUT2D eigenvalue weighted by atomic mass is 10.2. The van der Waals surface area contributed by atoms with Crippen LogP contribution in [0.3, 0.4) is 0 Å². The van der Waals surface area contributed by atoms with Crippen LogP contribution in [-0.4, -0.2) is 55.5 Å². The van der Waals surface area contributed by atoms with Crippen molar-refractivity contribution in [3.05, 3.63) is 48.0 Å². The summed E-state index contributed by atoms with van der Waals surface area (Å²) in [5.41, 5.74) is 3.51. The zero-order valence-electron chi connectivity index (χ0n) is 13.7. The second-order valence-corrected chi connectivity index (χ2v) is 5.93. The van der Waals surface area contributed by atoms with Crippen LogP contribution in [0.15, 0.2) is 36.8 Å². The van der Waals surface area contributed by atoms with Gasteiger partial charge in [0.05, 0.1) is 50.0 Å². The zero-order chi connectivity index (χ0) is 17.1. The van der Waals surface area contributed by atoms with Crippen molar-refractivity contribution in [3.63, 3.8) is 0 Å². The number of carbonyl (C=O) groups excluding carboxylic acids is 1. The summed E-state index contributed by atoms with van der Waals surface area (Å²) in [6, 6.07) is 5.90. The Bertz CT molecular complexity index is 888. The summed E-state index contributed by atoms with van der Waals surface area (Å²) in [5, 5.41) is 8.38. The summed E-state index contributed by atoms with van der Waals surface area (Å²) < 4.78 is 7.10. The third-order valence-electron chi connectivity index (χ3n) is 4.17. The summed E-state index contributed by atoms with van der Waals surface area (Å²) in [6.07, 6.45) is 5.66. The minimum atomic E-state index is 0.0939. The number of benzene rings is 1. The molecule has 3 aromatic rings. The zero-order valence-corrected chi connectivity index (χ0v) is 13.7. The molecule has 0 spiro atoms. The number of rotatable bonds is 4. The molecule has 8 heteroatoms. The van der Waals surface area contributed by atoms with E-state index in [-0.39, 0.29) is 5.91 Å². The number of nitrogens with zero attached hydrogens (tertiary/aromatic N) is 6. The molecule has 1 fully saturated rings. The molecule has 1 saturated heterocycles. The Morgan fingerprint density at radius 1 is 1.12 bits per heavy atom. The van der Waals surface area contributed by atoms with Crippen molar-refractivity contribution in [2.24, 2.45) is 0 Å². The number of fused-ring (bicyclic) bond motifs is 1. The monoisotopic (exact) mass is 338 g/mol. The van der Waals surface area contributed by atoms with E-state index in [1.165, 1.54) is 0 Å². The highest BCUT2D eigenvalue weighted by molar-refractivity contribution is 5.77. The van der Waals surface area contributed by atoms with Crippen LogP contribution in [0, 0.1) is 0 Å². The van der Waals surface area contributed by atoms with E-state index in [0.29, 0.717) is 39.3 Å². The van der Waals surface area contributed by atoms with Crippen molar-refractivity contribution in [1.29, 1.82) is 0 Å². The van der Waals surface area contributed by atoms with Crippen LogP contribution in [-0.2, 0) is 22.6 Å². The van der Waals surface area contributed by atoms with Crippen LogP contribution in [0.5, 0.6) is 0 Å². The fourth-order valence-electron chi connectivity index (χ4n) is 2.92. The Balaban J connectivity index is 1.50. The third kappa shape index (κ3) is 3.48. The summed E-state index contributed by atoms with van der Waals surface area (Å²) >= 11 is 0. The van der Waals surface area contributed by atoms with Gasteiger partial charge in [-0.15, -0.1) is 5.10 Å². The van der Waals surface area contributed by atoms with Gasteiger partial charge in [0.25, 0.3) is 0 Å². The lowest BCUT2D eigenvalue weighted by Crippen LogP contribution is -2.31. The molecule has 2 aromatic heterocycles. The van der Waals surface area contributed by atoms with E-state index in [4.69, 9.17) is 4.74 Å². The number of carbonyl (C=O) groups is 1. The molecule has 0 atom stereocenters. The lowest BCUT2D eigenvalue weighted by molar-refractivity contribution is -0.131. The predicted molar refractivity (Wildman–Crippen MR) is 89.5 cm³/mol. The summed E-state index contributed by atoms with van der Waals surface area (Å²) in [6.45, 7) is 2.65. The summed E-state index contributed by atoms with van der Waals surface area (Å²) in [7, 11) is 0. The molecule has 0 N–H and O–H groups in total. The van der Waals surface area contributed by atoms with Gasteiger partial charge in [-0.25, -0.2) is 4.68 Å². The van der Waals surface area contributed by atoms with Crippen molar-refractivity contribution in [1.82, 2.24) is 29.9 Å². The van der Waals surface area contributed by atoms with E-state index >= 15 is 0 Å². The van der Waals surface area contributed by atoms with Gasteiger partial charge in [0.1, 0.15) is 5.69 Å². The number of amides is 1. The molecule has 3 heterocycles.